The Labute approximate surface area is 114 Å². The predicted octanol–water partition coefficient (Wildman–Crippen LogP) is -0.297. The van der Waals surface area contributed by atoms with Crippen LogP contribution in [0, 0.1) is 0 Å². The molecule has 0 radical (unpaired) electrons. The summed E-state index contributed by atoms with van der Waals surface area (Å²) in [5.74, 6) is -0.928. The van der Waals surface area contributed by atoms with Gasteiger partial charge in [0.1, 0.15) is 19.5 Å². The van der Waals surface area contributed by atoms with E-state index in [0.717, 1.165) is 0 Å². The Morgan fingerprint density at radius 2 is 2.15 bits per heavy atom. The molecule has 0 aliphatic heterocycles. The van der Waals surface area contributed by atoms with Gasteiger partial charge in [0.25, 0.3) is 0 Å². The Kier molecular flexibility index (Phi) is 3.94. The number of hydrogen-bond acceptors (Lipinski definition) is 6. The average Bonchev–Trinajstić information content (AvgIpc) is 2.82. The van der Waals surface area contributed by atoms with E-state index in [2.05, 4.69) is 10.1 Å². The maximum Gasteiger partial charge on any atom is 0.328 e. The Bertz CT molecular complexity index is 638. The monoisotopic (exact) mass is 275 g/mol. The Morgan fingerprint density at radius 1 is 1.35 bits per heavy atom. The van der Waals surface area contributed by atoms with Gasteiger partial charge in [-0.15, -0.1) is 5.10 Å². The SMILES string of the molecule is NC(=O)c1cccc(COC(=O)Cn2cnc(N)n2)c1. The Balaban J connectivity index is 1.90. The smallest absolute Gasteiger partial charge is 0.328 e. The van der Waals surface area contributed by atoms with Crippen molar-refractivity contribution in [1.82, 2.24) is 14.8 Å². The van der Waals surface area contributed by atoms with Crippen molar-refractivity contribution in [2.24, 2.45) is 5.73 Å². The summed E-state index contributed by atoms with van der Waals surface area (Å²) in [6.07, 6.45) is 1.34. The zero-order chi connectivity index (χ0) is 14.5. The largest absolute Gasteiger partial charge is 0.459 e. The van der Waals surface area contributed by atoms with Gasteiger partial charge >= 0.3 is 5.97 Å². The van der Waals surface area contributed by atoms with Gasteiger partial charge in [0.15, 0.2) is 0 Å². The highest BCUT2D eigenvalue weighted by atomic mass is 16.5. The predicted molar refractivity (Wildman–Crippen MR) is 69.2 cm³/mol. The minimum atomic E-state index is -0.531. The number of carbonyl (C=O) groups is 2. The van der Waals surface area contributed by atoms with E-state index in [1.54, 1.807) is 24.3 Å². The zero-order valence-corrected chi connectivity index (χ0v) is 10.5. The van der Waals surface area contributed by atoms with Crippen molar-refractivity contribution in [3.05, 3.63) is 41.7 Å². The number of benzene rings is 1. The molecule has 1 aromatic heterocycles. The number of ether oxygens (including phenoxy) is 1. The van der Waals surface area contributed by atoms with Gasteiger partial charge in [-0.3, -0.25) is 9.59 Å². The van der Waals surface area contributed by atoms with Crippen LogP contribution in [-0.4, -0.2) is 26.6 Å². The molecule has 2 rings (SSSR count). The zero-order valence-electron chi connectivity index (χ0n) is 10.5. The number of hydrogen-bond donors (Lipinski definition) is 2. The summed E-state index contributed by atoms with van der Waals surface area (Å²) in [5, 5.41) is 3.76. The first kappa shape index (κ1) is 13.5. The van der Waals surface area contributed by atoms with Gasteiger partial charge in [0.05, 0.1) is 0 Å². The van der Waals surface area contributed by atoms with Crippen molar-refractivity contribution in [2.75, 3.05) is 5.73 Å². The quantitative estimate of drug-likeness (QED) is 0.721. The lowest BCUT2D eigenvalue weighted by Gasteiger charge is -2.05. The van der Waals surface area contributed by atoms with Gasteiger partial charge < -0.3 is 16.2 Å². The minimum absolute atomic E-state index is 0.0458. The summed E-state index contributed by atoms with van der Waals surface area (Å²) in [5.41, 5.74) is 11.5. The van der Waals surface area contributed by atoms with E-state index in [1.807, 2.05) is 0 Å². The van der Waals surface area contributed by atoms with Gasteiger partial charge in [0.2, 0.25) is 11.9 Å². The van der Waals surface area contributed by atoms with E-state index in [9.17, 15) is 9.59 Å². The molecule has 8 heteroatoms. The number of nitrogens with zero attached hydrogens (tertiary/aromatic N) is 3. The second-order valence-electron chi connectivity index (χ2n) is 4.03. The fraction of sp³-hybridized carbons (Fsp3) is 0.167. The van der Waals surface area contributed by atoms with Crippen LogP contribution in [0.1, 0.15) is 15.9 Å². The number of nitrogens with two attached hydrogens (primary N) is 2. The summed E-state index contributed by atoms with van der Waals surface area (Å²) in [6, 6.07) is 6.56. The number of primary amides is 1. The van der Waals surface area contributed by atoms with Crippen LogP contribution in [0.15, 0.2) is 30.6 Å². The van der Waals surface area contributed by atoms with E-state index in [-0.39, 0.29) is 19.1 Å². The van der Waals surface area contributed by atoms with E-state index in [4.69, 9.17) is 16.2 Å². The molecule has 0 saturated carbocycles. The molecule has 104 valence electrons. The molecular formula is C12H13N5O3. The van der Waals surface area contributed by atoms with Crippen molar-refractivity contribution < 1.29 is 14.3 Å². The number of nitrogen functional groups attached to an aromatic ring is 1. The molecule has 8 nitrogen and oxygen atoms in total. The number of rotatable bonds is 5. The molecule has 0 saturated heterocycles. The van der Waals surface area contributed by atoms with Crippen LogP contribution < -0.4 is 11.5 Å². The number of anilines is 1. The minimum Gasteiger partial charge on any atom is -0.459 e. The number of aromatic nitrogens is 3. The van der Waals surface area contributed by atoms with Gasteiger partial charge in [-0.25, -0.2) is 9.67 Å². The van der Waals surface area contributed by atoms with Gasteiger partial charge in [0, 0.05) is 5.56 Å². The van der Waals surface area contributed by atoms with Crippen LogP contribution in [0.2, 0.25) is 0 Å². The molecule has 1 amide bonds. The lowest BCUT2D eigenvalue weighted by molar-refractivity contribution is -0.145. The Morgan fingerprint density at radius 3 is 2.80 bits per heavy atom. The highest BCUT2D eigenvalue weighted by molar-refractivity contribution is 5.92. The van der Waals surface area contributed by atoms with Crippen molar-refractivity contribution in [3.63, 3.8) is 0 Å². The molecule has 1 aromatic carbocycles. The van der Waals surface area contributed by atoms with Crippen molar-refractivity contribution in [3.8, 4) is 0 Å². The van der Waals surface area contributed by atoms with Crippen molar-refractivity contribution in [2.45, 2.75) is 13.2 Å². The standard InChI is InChI=1S/C12H13N5O3/c13-11(19)9-3-1-2-8(4-9)6-20-10(18)5-17-7-15-12(14)16-17/h1-4,7H,5-6H2,(H2,13,19)(H2,14,16). The third kappa shape index (κ3) is 3.55. The summed E-state index contributed by atoms with van der Waals surface area (Å²) in [7, 11) is 0. The summed E-state index contributed by atoms with van der Waals surface area (Å²) in [4.78, 5) is 26.3. The van der Waals surface area contributed by atoms with Crippen LogP contribution >= 0.6 is 0 Å². The highest BCUT2D eigenvalue weighted by Gasteiger charge is 2.07. The van der Waals surface area contributed by atoms with E-state index >= 15 is 0 Å². The number of esters is 1. The first-order valence-electron chi connectivity index (χ1n) is 5.74. The molecule has 20 heavy (non-hydrogen) atoms. The molecule has 0 bridgehead atoms. The maximum atomic E-state index is 11.6. The second kappa shape index (κ2) is 5.83. The molecule has 0 unspecified atom stereocenters. The molecule has 0 aliphatic carbocycles. The third-order valence-corrected chi connectivity index (χ3v) is 2.46. The lowest BCUT2D eigenvalue weighted by Crippen LogP contribution is -2.15. The summed E-state index contributed by atoms with van der Waals surface area (Å²) >= 11 is 0. The fourth-order valence-electron chi connectivity index (χ4n) is 1.54. The average molecular weight is 275 g/mol. The van der Waals surface area contributed by atoms with Crippen molar-refractivity contribution in [1.29, 1.82) is 0 Å². The number of carbonyl (C=O) groups excluding carboxylic acids is 2. The molecule has 0 atom stereocenters. The highest BCUT2D eigenvalue weighted by Crippen LogP contribution is 2.06. The lowest BCUT2D eigenvalue weighted by atomic mass is 10.1. The van der Waals surface area contributed by atoms with Gasteiger partial charge in [-0.05, 0) is 17.7 Å². The molecule has 1 heterocycles. The normalized spacial score (nSPS) is 10.2. The molecular weight excluding hydrogens is 262 g/mol. The maximum absolute atomic E-state index is 11.6. The molecule has 0 spiro atoms. The Hall–Kier alpha value is -2.90. The van der Waals surface area contributed by atoms with Crippen LogP contribution in [0.5, 0.6) is 0 Å². The van der Waals surface area contributed by atoms with E-state index < -0.39 is 11.9 Å². The first-order chi connectivity index (χ1) is 9.54. The third-order valence-electron chi connectivity index (χ3n) is 2.46. The second-order valence-corrected chi connectivity index (χ2v) is 4.03. The topological polar surface area (TPSA) is 126 Å². The van der Waals surface area contributed by atoms with Crippen molar-refractivity contribution >= 4 is 17.8 Å². The van der Waals surface area contributed by atoms with Crippen LogP contribution in [-0.2, 0) is 22.7 Å². The van der Waals surface area contributed by atoms with Crippen LogP contribution in [0.3, 0.4) is 0 Å². The first-order valence-corrected chi connectivity index (χ1v) is 5.74. The van der Waals surface area contributed by atoms with E-state index in [1.165, 1.54) is 11.0 Å². The molecule has 2 aromatic rings. The summed E-state index contributed by atoms with van der Waals surface area (Å²) in [6.45, 7) is -0.0379. The van der Waals surface area contributed by atoms with E-state index in [0.29, 0.717) is 11.1 Å². The summed E-state index contributed by atoms with van der Waals surface area (Å²) < 4.78 is 6.33. The molecule has 0 aliphatic rings. The van der Waals surface area contributed by atoms with Crippen LogP contribution in [0.4, 0.5) is 5.95 Å². The number of amides is 1. The van der Waals surface area contributed by atoms with Gasteiger partial charge in [-0.1, -0.05) is 12.1 Å². The molecule has 4 N–H and O–H groups in total. The molecule has 0 fully saturated rings. The fourth-order valence-corrected chi connectivity index (χ4v) is 1.54. The van der Waals surface area contributed by atoms with Crippen LogP contribution in [0.25, 0.3) is 0 Å². The van der Waals surface area contributed by atoms with Gasteiger partial charge in [-0.2, -0.15) is 0 Å².